The zero-order valence-electron chi connectivity index (χ0n) is 14.9. The second-order valence-corrected chi connectivity index (χ2v) is 6.67. The summed E-state index contributed by atoms with van der Waals surface area (Å²) in [4.78, 5) is 11.3. The van der Waals surface area contributed by atoms with Crippen molar-refractivity contribution in [1.29, 1.82) is 0 Å². The van der Waals surface area contributed by atoms with Crippen LogP contribution in [0.15, 0.2) is 60.9 Å². The Bertz CT molecular complexity index is 856. The fraction of sp³-hybridized carbons (Fsp3) is 0.333. The lowest BCUT2D eigenvalue weighted by atomic mass is 10.2. The third-order valence-corrected chi connectivity index (χ3v) is 4.92. The average Bonchev–Trinajstić information content (AvgIpc) is 3.09. The first-order valence-corrected chi connectivity index (χ1v) is 8.96. The second-order valence-electron chi connectivity index (χ2n) is 6.67. The van der Waals surface area contributed by atoms with Gasteiger partial charge in [-0.1, -0.05) is 24.3 Å². The van der Waals surface area contributed by atoms with Gasteiger partial charge in [0, 0.05) is 37.8 Å². The fourth-order valence-electron chi connectivity index (χ4n) is 3.50. The van der Waals surface area contributed by atoms with Gasteiger partial charge in [0.2, 0.25) is 0 Å². The summed E-state index contributed by atoms with van der Waals surface area (Å²) in [6.07, 6.45) is 4.70. The standard InChI is InChI=1S/C21H23N3O2/c1-25-20-11-18(15-26-19-6-4-10-22-12-19)24(14-20)13-17-9-8-16-5-2-3-7-21(16)23-17/h2-10,12,18,20H,11,13-15H2,1H3/t18-,20+/m0/s1. The summed E-state index contributed by atoms with van der Waals surface area (Å²) in [7, 11) is 1.78. The van der Waals surface area contributed by atoms with Crippen LogP contribution >= 0.6 is 0 Å². The number of likely N-dealkylation sites (tertiary alicyclic amines) is 1. The number of hydrogen-bond acceptors (Lipinski definition) is 5. The van der Waals surface area contributed by atoms with Gasteiger partial charge >= 0.3 is 0 Å². The third kappa shape index (κ3) is 3.84. The van der Waals surface area contributed by atoms with Crippen molar-refractivity contribution in [1.82, 2.24) is 14.9 Å². The molecule has 1 aliphatic rings. The molecule has 2 atom stereocenters. The highest BCUT2D eigenvalue weighted by atomic mass is 16.5. The molecular formula is C21H23N3O2. The Morgan fingerprint density at radius 3 is 2.88 bits per heavy atom. The molecule has 0 saturated carbocycles. The Balaban J connectivity index is 1.46. The highest BCUT2D eigenvalue weighted by molar-refractivity contribution is 5.78. The number of para-hydroxylation sites is 1. The van der Waals surface area contributed by atoms with E-state index in [-0.39, 0.29) is 6.10 Å². The summed E-state index contributed by atoms with van der Waals surface area (Å²) in [5.41, 5.74) is 2.11. The van der Waals surface area contributed by atoms with E-state index in [2.05, 4.69) is 34.1 Å². The Morgan fingerprint density at radius 2 is 2.04 bits per heavy atom. The van der Waals surface area contributed by atoms with E-state index < -0.39 is 0 Å². The zero-order valence-corrected chi connectivity index (χ0v) is 14.9. The molecule has 26 heavy (non-hydrogen) atoms. The molecule has 0 bridgehead atoms. The number of fused-ring (bicyclic) bond motifs is 1. The lowest BCUT2D eigenvalue weighted by Gasteiger charge is -2.24. The Kier molecular flexibility index (Phi) is 5.09. The SMILES string of the molecule is CO[C@@H]1C[C@@H](COc2cccnc2)N(Cc2ccc3ccccc3n2)C1. The van der Waals surface area contributed by atoms with E-state index in [1.807, 2.05) is 24.3 Å². The minimum Gasteiger partial charge on any atom is -0.490 e. The van der Waals surface area contributed by atoms with Crippen LogP contribution in [0.4, 0.5) is 0 Å². The molecule has 1 aliphatic heterocycles. The van der Waals surface area contributed by atoms with Crippen molar-refractivity contribution in [3.8, 4) is 5.75 Å². The number of aromatic nitrogens is 2. The molecule has 2 aromatic heterocycles. The number of ether oxygens (including phenoxy) is 2. The van der Waals surface area contributed by atoms with E-state index in [9.17, 15) is 0 Å². The first kappa shape index (κ1) is 16.9. The lowest BCUT2D eigenvalue weighted by molar-refractivity contribution is 0.107. The van der Waals surface area contributed by atoms with Gasteiger partial charge in [0.15, 0.2) is 0 Å². The van der Waals surface area contributed by atoms with Crippen LogP contribution in [0.5, 0.6) is 5.75 Å². The van der Waals surface area contributed by atoms with Crippen molar-refractivity contribution >= 4 is 10.9 Å². The summed E-state index contributed by atoms with van der Waals surface area (Å²) in [6, 6.07) is 16.6. The largest absolute Gasteiger partial charge is 0.490 e. The normalized spacial score (nSPS) is 20.5. The molecule has 0 aliphatic carbocycles. The van der Waals surface area contributed by atoms with E-state index in [1.54, 1.807) is 19.5 Å². The van der Waals surface area contributed by atoms with Crippen LogP contribution in [0, 0.1) is 0 Å². The summed E-state index contributed by atoms with van der Waals surface area (Å²) in [6.45, 7) is 2.32. The van der Waals surface area contributed by atoms with Crippen LogP contribution in [0.25, 0.3) is 10.9 Å². The Morgan fingerprint density at radius 1 is 1.12 bits per heavy atom. The number of hydrogen-bond donors (Lipinski definition) is 0. The van der Waals surface area contributed by atoms with Crippen molar-refractivity contribution in [2.75, 3.05) is 20.3 Å². The molecule has 4 rings (SSSR count). The summed E-state index contributed by atoms with van der Waals surface area (Å²) in [5.74, 6) is 0.803. The van der Waals surface area contributed by atoms with Gasteiger partial charge in [-0.05, 0) is 30.7 Å². The molecule has 0 spiro atoms. The Labute approximate surface area is 153 Å². The number of nitrogens with zero attached hydrogens (tertiary/aromatic N) is 3. The van der Waals surface area contributed by atoms with Crippen LogP contribution < -0.4 is 4.74 Å². The van der Waals surface area contributed by atoms with Crippen molar-refractivity contribution in [3.05, 3.63) is 66.6 Å². The van der Waals surface area contributed by atoms with Gasteiger partial charge in [-0.2, -0.15) is 0 Å². The third-order valence-electron chi connectivity index (χ3n) is 4.92. The smallest absolute Gasteiger partial charge is 0.137 e. The molecule has 1 aromatic carbocycles. The van der Waals surface area contributed by atoms with E-state index in [4.69, 9.17) is 14.5 Å². The van der Waals surface area contributed by atoms with Crippen molar-refractivity contribution in [2.24, 2.45) is 0 Å². The fourth-order valence-corrected chi connectivity index (χ4v) is 3.50. The number of methoxy groups -OCH3 is 1. The minimum atomic E-state index is 0.234. The predicted octanol–water partition coefficient (Wildman–Crippen LogP) is 3.30. The van der Waals surface area contributed by atoms with Crippen molar-refractivity contribution in [3.63, 3.8) is 0 Å². The van der Waals surface area contributed by atoms with Crippen LogP contribution in [0.3, 0.4) is 0 Å². The van der Waals surface area contributed by atoms with Gasteiger partial charge in [-0.3, -0.25) is 14.9 Å². The van der Waals surface area contributed by atoms with Gasteiger partial charge in [-0.25, -0.2) is 0 Å². The first-order chi connectivity index (χ1) is 12.8. The van der Waals surface area contributed by atoms with Crippen LogP contribution in [0.1, 0.15) is 12.1 Å². The molecule has 1 fully saturated rings. The quantitative estimate of drug-likeness (QED) is 0.683. The van der Waals surface area contributed by atoms with Crippen LogP contribution in [-0.4, -0.2) is 47.3 Å². The van der Waals surface area contributed by atoms with Crippen molar-refractivity contribution < 1.29 is 9.47 Å². The zero-order chi connectivity index (χ0) is 17.8. The van der Waals surface area contributed by atoms with E-state index >= 15 is 0 Å². The predicted molar refractivity (Wildman–Crippen MR) is 101 cm³/mol. The molecule has 134 valence electrons. The maximum absolute atomic E-state index is 5.94. The highest BCUT2D eigenvalue weighted by Crippen LogP contribution is 2.24. The van der Waals surface area contributed by atoms with E-state index in [1.165, 1.54) is 5.39 Å². The number of benzene rings is 1. The summed E-state index contributed by atoms with van der Waals surface area (Å²) >= 11 is 0. The average molecular weight is 349 g/mol. The monoisotopic (exact) mass is 349 g/mol. The molecule has 5 heteroatoms. The molecule has 1 saturated heterocycles. The van der Waals surface area contributed by atoms with E-state index in [0.29, 0.717) is 12.6 Å². The lowest BCUT2D eigenvalue weighted by Crippen LogP contribution is -2.34. The van der Waals surface area contributed by atoms with Gasteiger partial charge in [-0.15, -0.1) is 0 Å². The van der Waals surface area contributed by atoms with Gasteiger partial charge in [0.25, 0.3) is 0 Å². The highest BCUT2D eigenvalue weighted by Gasteiger charge is 2.32. The van der Waals surface area contributed by atoms with Gasteiger partial charge in [0.05, 0.1) is 23.5 Å². The van der Waals surface area contributed by atoms with Gasteiger partial charge in [0.1, 0.15) is 12.4 Å². The number of rotatable bonds is 6. The van der Waals surface area contributed by atoms with Crippen LogP contribution in [-0.2, 0) is 11.3 Å². The maximum atomic E-state index is 5.94. The Hall–Kier alpha value is -2.50. The minimum absolute atomic E-state index is 0.234. The molecule has 0 N–H and O–H groups in total. The maximum Gasteiger partial charge on any atom is 0.137 e. The van der Waals surface area contributed by atoms with E-state index in [0.717, 1.165) is 36.5 Å². The van der Waals surface area contributed by atoms with Gasteiger partial charge < -0.3 is 9.47 Å². The second kappa shape index (κ2) is 7.81. The molecule has 3 aromatic rings. The summed E-state index contributed by atoms with van der Waals surface area (Å²) in [5, 5.41) is 1.17. The molecular weight excluding hydrogens is 326 g/mol. The summed E-state index contributed by atoms with van der Waals surface area (Å²) < 4.78 is 11.5. The number of pyridine rings is 2. The molecule has 0 amide bonds. The molecule has 5 nitrogen and oxygen atoms in total. The topological polar surface area (TPSA) is 47.5 Å². The van der Waals surface area contributed by atoms with Crippen molar-refractivity contribution in [2.45, 2.75) is 25.1 Å². The molecule has 0 unspecified atom stereocenters. The molecule has 0 radical (unpaired) electrons. The molecule has 3 heterocycles. The van der Waals surface area contributed by atoms with Crippen LogP contribution in [0.2, 0.25) is 0 Å². The first-order valence-electron chi connectivity index (χ1n) is 8.96.